The quantitative estimate of drug-likeness (QED) is 0.263. The van der Waals surface area contributed by atoms with Crippen molar-refractivity contribution in [3.63, 3.8) is 0 Å². The van der Waals surface area contributed by atoms with Gasteiger partial charge in [0.15, 0.2) is 5.78 Å². The van der Waals surface area contributed by atoms with Crippen molar-refractivity contribution >= 4 is 45.8 Å². The van der Waals surface area contributed by atoms with Gasteiger partial charge in [0.1, 0.15) is 10.7 Å². The van der Waals surface area contributed by atoms with Gasteiger partial charge in [-0.15, -0.1) is 11.3 Å². The number of ketones is 1. The fourth-order valence-corrected chi connectivity index (χ4v) is 5.36. The molecule has 1 aliphatic carbocycles. The summed E-state index contributed by atoms with van der Waals surface area (Å²) in [7, 11) is 0. The van der Waals surface area contributed by atoms with Gasteiger partial charge in [-0.3, -0.25) is 9.52 Å². The third-order valence-electron chi connectivity index (χ3n) is 5.46. The van der Waals surface area contributed by atoms with Crippen LogP contribution in [0.15, 0.2) is 53.8 Å². The number of nitriles is 1. The first-order valence-corrected chi connectivity index (χ1v) is 11.9. The smallest absolute Gasteiger partial charge is 0.171 e. The van der Waals surface area contributed by atoms with E-state index in [0.29, 0.717) is 22.5 Å². The highest BCUT2D eigenvalue weighted by atomic mass is 32.2. The molecule has 0 amide bonds. The zero-order valence-electron chi connectivity index (χ0n) is 17.3. The number of hydrogen-bond acceptors (Lipinski definition) is 8. The summed E-state index contributed by atoms with van der Waals surface area (Å²) in [5, 5.41) is 14.5. The zero-order valence-corrected chi connectivity index (χ0v) is 18.9. The van der Waals surface area contributed by atoms with Crippen LogP contribution < -0.4 is 10.0 Å². The fourth-order valence-electron chi connectivity index (χ4n) is 3.70. The minimum Gasteiger partial charge on any atom is -0.381 e. The molecule has 0 aliphatic heterocycles. The average Bonchev–Trinajstić information content (AvgIpc) is 3.45. The van der Waals surface area contributed by atoms with E-state index >= 15 is 0 Å². The summed E-state index contributed by atoms with van der Waals surface area (Å²) in [4.78, 5) is 25.6. The first kappa shape index (κ1) is 20.7. The van der Waals surface area contributed by atoms with Crippen molar-refractivity contribution in [3.8, 4) is 16.6 Å². The Hall–Kier alpha value is -3.19. The van der Waals surface area contributed by atoms with E-state index in [9.17, 15) is 4.79 Å². The molecule has 0 spiro atoms. The number of benzene rings is 1. The van der Waals surface area contributed by atoms with Crippen LogP contribution in [0.25, 0.3) is 21.6 Å². The Balaban J connectivity index is 1.29. The predicted molar refractivity (Wildman–Crippen MR) is 128 cm³/mol. The van der Waals surface area contributed by atoms with Crippen LogP contribution in [0.5, 0.6) is 0 Å². The van der Waals surface area contributed by atoms with Crippen LogP contribution >= 0.6 is 23.3 Å². The molecule has 3 heterocycles. The van der Waals surface area contributed by atoms with E-state index in [2.05, 4.69) is 31.1 Å². The predicted octanol–water partition coefficient (Wildman–Crippen LogP) is 5.00. The lowest BCUT2D eigenvalue weighted by molar-refractivity contribution is 0.102. The van der Waals surface area contributed by atoms with E-state index in [4.69, 9.17) is 5.26 Å². The number of thiazole rings is 1. The Morgan fingerprint density at radius 2 is 2.12 bits per heavy atom. The standard InChI is InChI=1S/C23H20N6OS2/c1-13(30)20-12-27-23(31-20)19-11-26-22-18(5-6-25-22)21(19)28-15-8-16(9-15)29-32-17-4-2-3-14(7-17)10-24/h2-7,11-12,15-16,29H,8-9H2,1H3,(H2,25,26,28). The number of anilines is 1. The monoisotopic (exact) mass is 460 g/mol. The van der Waals surface area contributed by atoms with Crippen molar-refractivity contribution in [2.75, 3.05) is 5.32 Å². The number of H-pyrrole nitrogens is 1. The van der Waals surface area contributed by atoms with Crippen LogP contribution in [0.4, 0.5) is 5.69 Å². The highest BCUT2D eigenvalue weighted by Crippen LogP contribution is 2.38. The number of fused-ring (bicyclic) bond motifs is 1. The molecule has 3 aromatic heterocycles. The van der Waals surface area contributed by atoms with Crippen molar-refractivity contribution in [1.82, 2.24) is 19.7 Å². The molecule has 0 atom stereocenters. The van der Waals surface area contributed by atoms with Gasteiger partial charge in [-0.05, 0) is 49.1 Å². The summed E-state index contributed by atoms with van der Waals surface area (Å²) >= 11 is 2.96. The summed E-state index contributed by atoms with van der Waals surface area (Å²) < 4.78 is 3.50. The number of nitrogens with one attached hydrogen (secondary N) is 3. The second-order valence-corrected chi connectivity index (χ2v) is 9.68. The van der Waals surface area contributed by atoms with Gasteiger partial charge in [-0.2, -0.15) is 5.26 Å². The molecule has 1 saturated carbocycles. The van der Waals surface area contributed by atoms with Gasteiger partial charge in [0.25, 0.3) is 0 Å². The lowest BCUT2D eigenvalue weighted by Crippen LogP contribution is -2.45. The number of Topliss-reactive ketones (excluding diaryl/α,β-unsaturated/α-hetero) is 1. The number of carbonyl (C=O) groups is 1. The van der Waals surface area contributed by atoms with Gasteiger partial charge >= 0.3 is 0 Å². The van der Waals surface area contributed by atoms with Crippen LogP contribution in [0.2, 0.25) is 0 Å². The highest BCUT2D eigenvalue weighted by molar-refractivity contribution is 7.97. The second kappa shape index (κ2) is 8.74. The van der Waals surface area contributed by atoms with Gasteiger partial charge in [0.2, 0.25) is 0 Å². The minimum absolute atomic E-state index is 0.0182. The van der Waals surface area contributed by atoms with Gasteiger partial charge in [-0.1, -0.05) is 6.07 Å². The van der Waals surface area contributed by atoms with Crippen molar-refractivity contribution in [2.24, 2.45) is 0 Å². The van der Waals surface area contributed by atoms with Gasteiger partial charge in [0, 0.05) is 47.9 Å². The normalized spacial score (nSPS) is 17.6. The first-order valence-electron chi connectivity index (χ1n) is 10.2. The lowest BCUT2D eigenvalue weighted by Gasteiger charge is -2.37. The Morgan fingerprint density at radius 3 is 2.91 bits per heavy atom. The molecule has 0 unspecified atom stereocenters. The van der Waals surface area contributed by atoms with Crippen molar-refractivity contribution < 1.29 is 4.79 Å². The molecular weight excluding hydrogens is 440 g/mol. The van der Waals surface area contributed by atoms with Crippen LogP contribution in [-0.2, 0) is 0 Å². The van der Waals surface area contributed by atoms with E-state index in [1.54, 1.807) is 25.1 Å². The number of aromatic nitrogens is 3. The molecule has 1 aliphatic rings. The molecule has 3 N–H and O–H groups in total. The Labute approximate surface area is 193 Å². The number of rotatable bonds is 7. The number of carbonyl (C=O) groups excluding carboxylic acids is 1. The summed E-state index contributed by atoms with van der Waals surface area (Å²) in [6.07, 6.45) is 7.29. The van der Waals surface area contributed by atoms with Gasteiger partial charge < -0.3 is 10.3 Å². The summed E-state index contributed by atoms with van der Waals surface area (Å²) in [5.74, 6) is 0.0182. The maximum Gasteiger partial charge on any atom is 0.171 e. The highest BCUT2D eigenvalue weighted by Gasteiger charge is 2.30. The third-order valence-corrected chi connectivity index (χ3v) is 7.54. The van der Waals surface area contributed by atoms with E-state index in [-0.39, 0.29) is 5.78 Å². The molecule has 7 nitrogen and oxygen atoms in total. The molecule has 0 saturated heterocycles. The number of aromatic amines is 1. The van der Waals surface area contributed by atoms with Crippen LogP contribution in [0, 0.1) is 11.3 Å². The minimum atomic E-state index is 0.0182. The summed E-state index contributed by atoms with van der Waals surface area (Å²) in [6.45, 7) is 1.56. The van der Waals surface area contributed by atoms with E-state index < -0.39 is 0 Å². The molecule has 160 valence electrons. The summed E-state index contributed by atoms with van der Waals surface area (Å²) in [5.41, 5.74) is 3.40. The molecule has 1 aromatic carbocycles. The van der Waals surface area contributed by atoms with Crippen molar-refractivity contribution in [3.05, 3.63) is 59.4 Å². The third kappa shape index (κ3) is 4.12. The molecular formula is C23H20N6OS2. The fraction of sp³-hybridized carbons (Fsp3) is 0.217. The number of hydrogen-bond donors (Lipinski definition) is 3. The molecule has 1 fully saturated rings. The molecule has 0 radical (unpaired) electrons. The first-order chi connectivity index (χ1) is 15.6. The zero-order chi connectivity index (χ0) is 22.1. The Bertz CT molecular complexity index is 1330. The second-order valence-electron chi connectivity index (χ2n) is 7.74. The van der Waals surface area contributed by atoms with Gasteiger partial charge in [-0.25, -0.2) is 9.97 Å². The lowest BCUT2D eigenvalue weighted by atomic mass is 9.87. The van der Waals surface area contributed by atoms with E-state index in [1.807, 2.05) is 42.7 Å². The molecule has 5 rings (SSSR count). The van der Waals surface area contributed by atoms with E-state index in [1.165, 1.54) is 11.3 Å². The van der Waals surface area contributed by atoms with Crippen LogP contribution in [0.3, 0.4) is 0 Å². The average molecular weight is 461 g/mol. The summed E-state index contributed by atoms with van der Waals surface area (Å²) in [6, 6.07) is 12.5. The Morgan fingerprint density at radius 1 is 1.25 bits per heavy atom. The molecule has 4 aromatic rings. The van der Waals surface area contributed by atoms with E-state index in [0.717, 1.165) is 45.0 Å². The molecule has 9 heteroatoms. The van der Waals surface area contributed by atoms with Crippen LogP contribution in [-0.4, -0.2) is 32.8 Å². The van der Waals surface area contributed by atoms with Crippen molar-refractivity contribution in [2.45, 2.75) is 36.7 Å². The number of pyridine rings is 1. The number of nitrogens with zero attached hydrogens (tertiary/aromatic N) is 3. The molecule has 32 heavy (non-hydrogen) atoms. The van der Waals surface area contributed by atoms with Crippen molar-refractivity contribution in [1.29, 1.82) is 5.26 Å². The Kier molecular flexibility index (Phi) is 5.66. The SMILES string of the molecule is CC(=O)c1cnc(-c2cnc3[nH]ccc3c2NC2CC(NSc3cccc(C#N)c3)C2)s1. The molecule has 0 bridgehead atoms. The maximum atomic E-state index is 11.7. The maximum absolute atomic E-state index is 11.7. The van der Waals surface area contributed by atoms with Gasteiger partial charge in [0.05, 0.1) is 27.8 Å². The largest absolute Gasteiger partial charge is 0.381 e. The topological polar surface area (TPSA) is 106 Å². The van der Waals surface area contributed by atoms with Crippen LogP contribution in [0.1, 0.15) is 35.0 Å².